The van der Waals surface area contributed by atoms with Crippen LogP contribution in [0.4, 0.5) is 0 Å². The molecule has 2 aromatic heterocycles. The molecule has 0 bridgehead atoms. The molecule has 0 saturated carbocycles. The van der Waals surface area contributed by atoms with Crippen LogP contribution < -0.4 is 5.32 Å². The van der Waals surface area contributed by atoms with Crippen molar-refractivity contribution in [2.45, 2.75) is 31.7 Å². The van der Waals surface area contributed by atoms with Gasteiger partial charge in [0.15, 0.2) is 5.65 Å². The Hall–Kier alpha value is -1.95. The van der Waals surface area contributed by atoms with E-state index >= 15 is 0 Å². The first kappa shape index (κ1) is 13.1. The smallest absolute Gasteiger partial charge is 0.249 e. The van der Waals surface area contributed by atoms with Crippen LogP contribution >= 0.6 is 11.6 Å². The van der Waals surface area contributed by atoms with E-state index in [-0.39, 0.29) is 17.7 Å². The lowest BCUT2D eigenvalue weighted by Crippen LogP contribution is -2.42. The first-order chi connectivity index (χ1) is 9.61. The highest BCUT2D eigenvalue weighted by atomic mass is 35.5. The van der Waals surface area contributed by atoms with E-state index in [0.717, 1.165) is 11.1 Å². The van der Waals surface area contributed by atoms with Crippen molar-refractivity contribution in [1.82, 2.24) is 19.9 Å². The molecule has 2 aromatic rings. The summed E-state index contributed by atoms with van der Waals surface area (Å²) < 4.78 is 1.75. The molecule has 104 valence electrons. The van der Waals surface area contributed by atoms with Crippen molar-refractivity contribution >= 4 is 34.6 Å². The number of imide groups is 1. The second-order valence-electron chi connectivity index (χ2n) is 4.80. The lowest BCUT2D eigenvalue weighted by atomic mass is 10.1. The minimum absolute atomic E-state index is 0.188. The number of hydrogen-bond acceptors (Lipinski definition) is 4. The molecule has 0 radical (unpaired) electrons. The number of nitrogens with one attached hydrogen (secondary N) is 1. The van der Waals surface area contributed by atoms with Crippen LogP contribution in [0.25, 0.3) is 11.2 Å². The standard InChI is InChI=1S/C13H13ClN4O2/c1-7-4-5-15-12-11(7)16-9(6-14)18(12)8-2-3-10(19)17-13(8)20/h4-5,8H,2-3,6H2,1H3,(H,17,19,20). The molecule has 7 heteroatoms. The number of alkyl halides is 1. The first-order valence-electron chi connectivity index (χ1n) is 6.34. The largest absolute Gasteiger partial charge is 0.299 e. The number of carbonyl (C=O) groups is 2. The second-order valence-corrected chi connectivity index (χ2v) is 5.07. The molecule has 6 nitrogen and oxygen atoms in total. The zero-order valence-corrected chi connectivity index (χ0v) is 11.6. The third kappa shape index (κ3) is 1.96. The van der Waals surface area contributed by atoms with Crippen LogP contribution in [-0.2, 0) is 15.5 Å². The normalized spacial score (nSPS) is 19.4. The van der Waals surface area contributed by atoms with Crippen LogP contribution in [0, 0.1) is 6.92 Å². The summed E-state index contributed by atoms with van der Waals surface area (Å²) in [6.07, 6.45) is 2.43. The number of nitrogens with zero attached hydrogens (tertiary/aromatic N) is 3. The van der Waals surface area contributed by atoms with E-state index in [0.29, 0.717) is 24.3 Å². The topological polar surface area (TPSA) is 76.9 Å². The summed E-state index contributed by atoms with van der Waals surface area (Å²) in [7, 11) is 0. The van der Waals surface area contributed by atoms with E-state index in [1.54, 1.807) is 10.8 Å². The zero-order valence-electron chi connectivity index (χ0n) is 10.9. The van der Waals surface area contributed by atoms with Gasteiger partial charge >= 0.3 is 0 Å². The van der Waals surface area contributed by atoms with Crippen LogP contribution in [0.3, 0.4) is 0 Å². The van der Waals surface area contributed by atoms with Gasteiger partial charge in [-0.15, -0.1) is 11.6 Å². The Morgan fingerprint density at radius 3 is 3.00 bits per heavy atom. The lowest BCUT2D eigenvalue weighted by molar-refractivity contribution is -0.135. The molecule has 2 amide bonds. The van der Waals surface area contributed by atoms with E-state index < -0.39 is 6.04 Å². The van der Waals surface area contributed by atoms with Gasteiger partial charge in [0.1, 0.15) is 17.4 Å². The summed E-state index contributed by atoms with van der Waals surface area (Å²) in [4.78, 5) is 32.1. The predicted molar refractivity (Wildman–Crippen MR) is 73.2 cm³/mol. The van der Waals surface area contributed by atoms with Gasteiger partial charge in [0, 0.05) is 12.6 Å². The summed E-state index contributed by atoms with van der Waals surface area (Å²) in [5.41, 5.74) is 2.36. The van der Waals surface area contributed by atoms with E-state index in [1.165, 1.54) is 0 Å². The predicted octanol–water partition coefficient (Wildman–Crippen LogP) is 1.46. The summed E-state index contributed by atoms with van der Waals surface area (Å²) in [5.74, 6) is 0.216. The fourth-order valence-electron chi connectivity index (χ4n) is 2.51. The van der Waals surface area contributed by atoms with Gasteiger partial charge in [0.2, 0.25) is 11.8 Å². The van der Waals surface area contributed by atoms with Gasteiger partial charge in [-0.05, 0) is 25.0 Å². The Kier molecular flexibility index (Phi) is 3.17. The molecule has 0 aliphatic carbocycles. The molecular weight excluding hydrogens is 280 g/mol. The SMILES string of the molecule is Cc1ccnc2c1nc(CCl)n2C1CCC(=O)NC1=O. The molecule has 1 atom stereocenters. The van der Waals surface area contributed by atoms with Crippen LogP contribution in [0.15, 0.2) is 12.3 Å². The van der Waals surface area contributed by atoms with Crippen molar-refractivity contribution in [2.24, 2.45) is 0 Å². The molecule has 3 heterocycles. The number of imidazole rings is 1. The van der Waals surface area contributed by atoms with Gasteiger partial charge in [-0.25, -0.2) is 9.97 Å². The van der Waals surface area contributed by atoms with Gasteiger partial charge in [0.25, 0.3) is 0 Å². The zero-order chi connectivity index (χ0) is 14.3. The molecule has 1 aliphatic heterocycles. The van der Waals surface area contributed by atoms with Crippen LogP contribution in [0.5, 0.6) is 0 Å². The molecule has 1 fully saturated rings. The number of rotatable bonds is 2. The molecule has 1 aliphatic rings. The molecule has 1 saturated heterocycles. The third-order valence-corrected chi connectivity index (χ3v) is 3.73. The van der Waals surface area contributed by atoms with Crippen LogP contribution in [-0.4, -0.2) is 26.3 Å². The van der Waals surface area contributed by atoms with Crippen molar-refractivity contribution in [3.63, 3.8) is 0 Å². The summed E-state index contributed by atoms with van der Waals surface area (Å²) >= 11 is 5.94. The molecular formula is C13H13ClN4O2. The van der Waals surface area contributed by atoms with Crippen molar-refractivity contribution in [3.05, 3.63) is 23.7 Å². The maximum atomic E-state index is 12.0. The lowest BCUT2D eigenvalue weighted by Gasteiger charge is -2.23. The van der Waals surface area contributed by atoms with E-state index in [2.05, 4.69) is 15.3 Å². The molecule has 0 aromatic carbocycles. The molecule has 1 unspecified atom stereocenters. The number of carbonyl (C=O) groups excluding carboxylic acids is 2. The summed E-state index contributed by atoms with van der Waals surface area (Å²) in [5, 5.41) is 2.35. The minimum atomic E-state index is -0.485. The average molecular weight is 293 g/mol. The van der Waals surface area contributed by atoms with Gasteiger partial charge in [-0.1, -0.05) is 0 Å². The Morgan fingerprint density at radius 2 is 2.30 bits per heavy atom. The minimum Gasteiger partial charge on any atom is -0.299 e. The Balaban J connectivity index is 2.17. The fourth-order valence-corrected chi connectivity index (χ4v) is 2.69. The number of hydrogen-bond donors (Lipinski definition) is 1. The third-order valence-electron chi connectivity index (χ3n) is 3.50. The Bertz CT molecular complexity index is 710. The van der Waals surface area contributed by atoms with E-state index in [1.807, 2.05) is 13.0 Å². The second kappa shape index (κ2) is 4.86. The van der Waals surface area contributed by atoms with Crippen molar-refractivity contribution < 1.29 is 9.59 Å². The van der Waals surface area contributed by atoms with Crippen LogP contribution in [0.2, 0.25) is 0 Å². The number of halogens is 1. The molecule has 20 heavy (non-hydrogen) atoms. The molecule has 3 rings (SSSR count). The van der Waals surface area contributed by atoms with Crippen LogP contribution in [0.1, 0.15) is 30.3 Å². The van der Waals surface area contributed by atoms with Gasteiger partial charge in [0.05, 0.1) is 5.88 Å². The summed E-state index contributed by atoms with van der Waals surface area (Å²) in [6.45, 7) is 1.93. The highest BCUT2D eigenvalue weighted by Gasteiger charge is 2.31. The van der Waals surface area contributed by atoms with Gasteiger partial charge < -0.3 is 0 Å². The van der Waals surface area contributed by atoms with Crippen molar-refractivity contribution in [2.75, 3.05) is 0 Å². The maximum Gasteiger partial charge on any atom is 0.249 e. The average Bonchev–Trinajstić information content (AvgIpc) is 2.79. The summed E-state index contributed by atoms with van der Waals surface area (Å²) in [6, 6.07) is 1.38. The Morgan fingerprint density at radius 1 is 1.50 bits per heavy atom. The monoisotopic (exact) mass is 292 g/mol. The maximum absolute atomic E-state index is 12.0. The highest BCUT2D eigenvalue weighted by molar-refractivity contribution is 6.17. The number of pyridine rings is 1. The van der Waals surface area contributed by atoms with Crippen molar-refractivity contribution in [1.29, 1.82) is 0 Å². The molecule has 0 spiro atoms. The van der Waals surface area contributed by atoms with Gasteiger partial charge in [-0.3, -0.25) is 19.5 Å². The Labute approximate surface area is 120 Å². The molecule has 1 N–H and O–H groups in total. The number of aryl methyl sites for hydroxylation is 1. The number of aromatic nitrogens is 3. The highest BCUT2D eigenvalue weighted by Crippen LogP contribution is 2.27. The fraction of sp³-hybridized carbons (Fsp3) is 0.385. The van der Waals surface area contributed by atoms with E-state index in [4.69, 9.17) is 11.6 Å². The quantitative estimate of drug-likeness (QED) is 0.671. The first-order valence-corrected chi connectivity index (χ1v) is 6.87. The van der Waals surface area contributed by atoms with Gasteiger partial charge in [-0.2, -0.15) is 0 Å². The number of amides is 2. The number of piperidine rings is 1. The van der Waals surface area contributed by atoms with E-state index in [9.17, 15) is 9.59 Å². The number of fused-ring (bicyclic) bond motifs is 1. The van der Waals surface area contributed by atoms with Crippen molar-refractivity contribution in [3.8, 4) is 0 Å².